The number of hydrogen-bond acceptors (Lipinski definition) is 5. The van der Waals surface area contributed by atoms with Crippen molar-refractivity contribution in [3.63, 3.8) is 0 Å². The van der Waals surface area contributed by atoms with Crippen LogP contribution in [0.3, 0.4) is 0 Å². The third-order valence-corrected chi connectivity index (χ3v) is 3.33. The van der Waals surface area contributed by atoms with Crippen LogP contribution in [0.25, 0.3) is 0 Å². The highest BCUT2D eigenvalue weighted by atomic mass is 32.2. The van der Waals surface area contributed by atoms with Crippen molar-refractivity contribution in [1.82, 2.24) is 14.9 Å². The van der Waals surface area contributed by atoms with Crippen LogP contribution >= 0.6 is 0 Å². The number of rotatable bonds is 7. The summed E-state index contributed by atoms with van der Waals surface area (Å²) in [7, 11) is -3.16. The van der Waals surface area contributed by atoms with Crippen molar-refractivity contribution < 1.29 is 17.9 Å². The first-order chi connectivity index (χ1) is 9.72. The lowest BCUT2D eigenvalue weighted by Gasteiger charge is -2.36. The van der Waals surface area contributed by atoms with Gasteiger partial charge in [0.15, 0.2) is 0 Å². The molecule has 0 atom stereocenters. The summed E-state index contributed by atoms with van der Waals surface area (Å²) < 4.78 is 29.7. The molecule has 1 amide bonds. The molecule has 0 saturated carbocycles. The minimum absolute atomic E-state index is 0.320. The SMILES string of the molecule is CC(C)(C)OC(=O)N(CCNCCNS(C)(=O)=O)C(C)(C)C. The lowest BCUT2D eigenvalue weighted by atomic mass is 10.1. The fourth-order valence-electron chi connectivity index (χ4n) is 1.66. The van der Waals surface area contributed by atoms with E-state index in [-0.39, 0.29) is 11.6 Å². The Labute approximate surface area is 134 Å². The van der Waals surface area contributed by atoms with Gasteiger partial charge in [-0.15, -0.1) is 0 Å². The molecule has 0 saturated heterocycles. The predicted octanol–water partition coefficient (Wildman–Crippen LogP) is 1.16. The molecule has 0 radical (unpaired) electrons. The highest BCUT2D eigenvalue weighted by Crippen LogP contribution is 2.17. The summed E-state index contributed by atoms with van der Waals surface area (Å²) in [5, 5.41) is 3.10. The number of nitrogens with zero attached hydrogens (tertiary/aromatic N) is 1. The number of sulfonamides is 1. The molecule has 8 heteroatoms. The second-order valence-corrected chi connectivity index (χ2v) is 9.05. The Morgan fingerprint density at radius 2 is 1.59 bits per heavy atom. The fraction of sp³-hybridized carbons (Fsp3) is 0.929. The van der Waals surface area contributed by atoms with Gasteiger partial charge in [-0.1, -0.05) is 0 Å². The molecule has 0 fully saturated rings. The molecule has 0 heterocycles. The zero-order valence-corrected chi connectivity index (χ0v) is 15.6. The Balaban J connectivity index is 4.31. The third-order valence-electron chi connectivity index (χ3n) is 2.60. The van der Waals surface area contributed by atoms with Gasteiger partial charge in [0.1, 0.15) is 5.60 Å². The molecule has 22 heavy (non-hydrogen) atoms. The molecule has 2 N–H and O–H groups in total. The minimum atomic E-state index is -3.16. The Morgan fingerprint density at radius 3 is 2.00 bits per heavy atom. The van der Waals surface area contributed by atoms with Crippen molar-refractivity contribution >= 4 is 16.1 Å². The van der Waals surface area contributed by atoms with Crippen LogP contribution in [0.2, 0.25) is 0 Å². The number of ether oxygens (including phenoxy) is 1. The maximum absolute atomic E-state index is 12.2. The van der Waals surface area contributed by atoms with Crippen LogP contribution in [0.5, 0.6) is 0 Å². The summed E-state index contributed by atoms with van der Waals surface area (Å²) in [6.07, 6.45) is 0.771. The van der Waals surface area contributed by atoms with Crippen LogP contribution < -0.4 is 10.0 Å². The molecule has 0 aromatic rings. The molecule has 132 valence electrons. The van der Waals surface area contributed by atoms with Gasteiger partial charge in [0.05, 0.1) is 6.26 Å². The van der Waals surface area contributed by atoms with E-state index in [0.29, 0.717) is 26.2 Å². The summed E-state index contributed by atoms with van der Waals surface area (Å²) >= 11 is 0. The summed E-state index contributed by atoms with van der Waals surface area (Å²) in [6, 6.07) is 0. The van der Waals surface area contributed by atoms with Crippen molar-refractivity contribution in [2.75, 3.05) is 32.4 Å². The van der Waals surface area contributed by atoms with Crippen LogP contribution in [0.4, 0.5) is 4.79 Å². The van der Waals surface area contributed by atoms with E-state index < -0.39 is 15.6 Å². The van der Waals surface area contributed by atoms with Gasteiger partial charge in [0.2, 0.25) is 10.0 Å². The van der Waals surface area contributed by atoms with Crippen LogP contribution in [0, 0.1) is 0 Å². The number of carbonyl (C=O) groups excluding carboxylic acids is 1. The molecule has 7 nitrogen and oxygen atoms in total. The maximum Gasteiger partial charge on any atom is 0.410 e. The predicted molar refractivity (Wildman–Crippen MR) is 88.4 cm³/mol. The Kier molecular flexibility index (Phi) is 7.80. The average molecular weight is 337 g/mol. The summed E-state index contributed by atoms with van der Waals surface area (Å²) in [6.45, 7) is 13.2. The second kappa shape index (κ2) is 8.12. The highest BCUT2D eigenvalue weighted by molar-refractivity contribution is 7.88. The standard InChI is InChI=1S/C14H31N3O4S/c1-13(2,3)17(12(18)21-14(4,5)6)11-10-15-8-9-16-22(7,19)20/h15-16H,8-11H2,1-7H3. The Hall–Kier alpha value is -0.860. The van der Waals surface area contributed by atoms with E-state index in [1.165, 1.54) is 0 Å². The lowest BCUT2D eigenvalue weighted by Crippen LogP contribution is -2.50. The zero-order chi connectivity index (χ0) is 17.6. The van der Waals surface area contributed by atoms with Gasteiger partial charge in [-0.3, -0.25) is 0 Å². The average Bonchev–Trinajstić information content (AvgIpc) is 2.21. The van der Waals surface area contributed by atoms with Gasteiger partial charge in [-0.05, 0) is 41.5 Å². The molecule has 0 aliphatic carbocycles. The van der Waals surface area contributed by atoms with Crippen molar-refractivity contribution in [2.24, 2.45) is 0 Å². The monoisotopic (exact) mass is 337 g/mol. The van der Waals surface area contributed by atoms with Gasteiger partial charge in [0.25, 0.3) is 0 Å². The van der Waals surface area contributed by atoms with Crippen molar-refractivity contribution in [3.05, 3.63) is 0 Å². The van der Waals surface area contributed by atoms with E-state index in [9.17, 15) is 13.2 Å². The minimum Gasteiger partial charge on any atom is -0.444 e. The number of carbonyl (C=O) groups is 1. The molecule has 0 spiro atoms. The third kappa shape index (κ3) is 10.8. The first-order valence-corrected chi connectivity index (χ1v) is 9.27. The first-order valence-electron chi connectivity index (χ1n) is 7.38. The molecule has 0 bridgehead atoms. The van der Waals surface area contributed by atoms with Crippen LogP contribution in [-0.2, 0) is 14.8 Å². The lowest BCUT2D eigenvalue weighted by molar-refractivity contribution is 0.00667. The number of hydrogen-bond donors (Lipinski definition) is 2. The molecule has 0 unspecified atom stereocenters. The first kappa shape index (κ1) is 21.1. The summed E-state index contributed by atoms with van der Waals surface area (Å²) in [5.41, 5.74) is -0.886. The van der Waals surface area contributed by atoms with E-state index in [4.69, 9.17) is 4.74 Å². The largest absolute Gasteiger partial charge is 0.444 e. The topological polar surface area (TPSA) is 87.7 Å². The number of amides is 1. The van der Waals surface area contributed by atoms with Gasteiger partial charge < -0.3 is 15.0 Å². The molecule has 0 aliphatic rings. The fourth-order valence-corrected chi connectivity index (χ4v) is 2.13. The Bertz CT molecular complexity index is 450. The molecular formula is C14H31N3O4S. The van der Waals surface area contributed by atoms with Crippen molar-refractivity contribution in [3.8, 4) is 0 Å². The van der Waals surface area contributed by atoms with E-state index in [2.05, 4.69) is 10.0 Å². The van der Waals surface area contributed by atoms with Crippen LogP contribution in [0.1, 0.15) is 41.5 Å². The molecule has 0 rings (SSSR count). The number of nitrogens with one attached hydrogen (secondary N) is 2. The van der Waals surface area contributed by atoms with Gasteiger partial charge in [-0.25, -0.2) is 17.9 Å². The van der Waals surface area contributed by atoms with Crippen LogP contribution in [0.15, 0.2) is 0 Å². The van der Waals surface area contributed by atoms with Gasteiger partial charge in [-0.2, -0.15) is 0 Å². The van der Waals surface area contributed by atoms with Gasteiger partial charge in [0, 0.05) is 31.7 Å². The normalized spacial score (nSPS) is 13.0. The molecular weight excluding hydrogens is 306 g/mol. The van der Waals surface area contributed by atoms with Crippen molar-refractivity contribution in [2.45, 2.75) is 52.7 Å². The van der Waals surface area contributed by atoms with E-state index in [0.717, 1.165) is 6.26 Å². The van der Waals surface area contributed by atoms with Crippen molar-refractivity contribution in [1.29, 1.82) is 0 Å². The molecule has 0 aromatic heterocycles. The maximum atomic E-state index is 12.2. The van der Waals surface area contributed by atoms with E-state index >= 15 is 0 Å². The highest BCUT2D eigenvalue weighted by Gasteiger charge is 2.30. The van der Waals surface area contributed by atoms with Crippen LogP contribution in [-0.4, -0.2) is 63.0 Å². The summed E-state index contributed by atoms with van der Waals surface area (Å²) in [4.78, 5) is 13.9. The zero-order valence-electron chi connectivity index (χ0n) is 14.8. The second-order valence-electron chi connectivity index (χ2n) is 7.22. The quantitative estimate of drug-likeness (QED) is 0.681. The molecule has 0 aromatic carbocycles. The van der Waals surface area contributed by atoms with E-state index in [1.54, 1.807) is 4.90 Å². The van der Waals surface area contributed by atoms with E-state index in [1.807, 2.05) is 41.5 Å². The molecule has 0 aliphatic heterocycles. The van der Waals surface area contributed by atoms with Gasteiger partial charge >= 0.3 is 6.09 Å². The smallest absolute Gasteiger partial charge is 0.410 e. The summed E-state index contributed by atoms with van der Waals surface area (Å²) in [5.74, 6) is 0. The Morgan fingerprint density at radius 1 is 1.05 bits per heavy atom.